The lowest BCUT2D eigenvalue weighted by molar-refractivity contribution is -0.137. The van der Waals surface area contributed by atoms with Gasteiger partial charge in [-0.2, -0.15) is 0 Å². The van der Waals surface area contributed by atoms with Crippen LogP contribution in [0.25, 0.3) is 0 Å². The number of rotatable bonds is 35. The van der Waals surface area contributed by atoms with E-state index in [1.54, 1.807) is 0 Å². The molecule has 7 heteroatoms. The summed E-state index contributed by atoms with van der Waals surface area (Å²) in [6.07, 6.45) is 19.8. The molecular weight excluding hydrogens is 743 g/mol. The molecule has 0 radical (unpaired) electrons. The molecule has 0 bridgehead atoms. The number of benzene rings is 2. The van der Waals surface area contributed by atoms with Crippen molar-refractivity contribution < 1.29 is 19.5 Å². The molecule has 0 fully saturated rings. The molecule has 2 rings (SSSR count). The first-order chi connectivity index (χ1) is 28.8. The molecular formula is C53H89N3O4. The van der Waals surface area contributed by atoms with Crippen molar-refractivity contribution in [3.8, 4) is 0 Å². The monoisotopic (exact) mass is 832 g/mol. The van der Waals surface area contributed by atoms with Crippen molar-refractivity contribution in [2.24, 2.45) is 16.7 Å². The quantitative estimate of drug-likeness (QED) is 0.0601. The van der Waals surface area contributed by atoms with Crippen LogP contribution in [0.2, 0.25) is 0 Å². The van der Waals surface area contributed by atoms with E-state index >= 15 is 0 Å². The van der Waals surface area contributed by atoms with Crippen LogP contribution in [0.3, 0.4) is 0 Å². The van der Waals surface area contributed by atoms with Crippen molar-refractivity contribution in [3.05, 3.63) is 71.3 Å². The van der Waals surface area contributed by atoms with Gasteiger partial charge >= 0.3 is 5.97 Å². The lowest BCUT2D eigenvalue weighted by Crippen LogP contribution is -2.43. The number of aliphatic carboxylic acids is 1. The van der Waals surface area contributed by atoms with Crippen molar-refractivity contribution in [3.63, 3.8) is 0 Å². The molecule has 60 heavy (non-hydrogen) atoms. The minimum Gasteiger partial charge on any atom is -0.481 e. The van der Waals surface area contributed by atoms with Crippen LogP contribution in [0.5, 0.6) is 0 Å². The van der Waals surface area contributed by atoms with Gasteiger partial charge in [-0.1, -0.05) is 168 Å². The molecule has 0 aliphatic carbocycles. The smallest absolute Gasteiger partial charge is 0.303 e. The van der Waals surface area contributed by atoms with Gasteiger partial charge in [-0.25, -0.2) is 0 Å². The molecule has 0 heterocycles. The average molecular weight is 832 g/mol. The molecule has 0 saturated heterocycles. The molecule has 7 nitrogen and oxygen atoms in total. The Labute approximate surface area is 368 Å². The molecule has 4 atom stereocenters. The Hall–Kier alpha value is -3.19. The molecule has 0 spiro atoms. The highest BCUT2D eigenvalue weighted by atomic mass is 16.4. The van der Waals surface area contributed by atoms with Crippen LogP contribution < -0.4 is 10.6 Å². The Bertz CT molecular complexity index is 1440. The largest absolute Gasteiger partial charge is 0.481 e. The minimum absolute atomic E-state index is 0.0824. The molecule has 4 unspecified atom stereocenters. The van der Waals surface area contributed by atoms with Crippen molar-refractivity contribution >= 4 is 17.8 Å². The van der Waals surface area contributed by atoms with Gasteiger partial charge in [0.25, 0.3) is 0 Å². The van der Waals surface area contributed by atoms with Crippen LogP contribution >= 0.6 is 0 Å². The van der Waals surface area contributed by atoms with Gasteiger partial charge < -0.3 is 20.6 Å². The summed E-state index contributed by atoms with van der Waals surface area (Å²) in [5.41, 5.74) is 2.73. The van der Waals surface area contributed by atoms with Crippen LogP contribution in [0.4, 0.5) is 0 Å². The first-order valence-electron chi connectivity index (χ1n) is 24.4. The van der Waals surface area contributed by atoms with Crippen LogP contribution in [0.15, 0.2) is 54.6 Å². The predicted octanol–water partition coefficient (Wildman–Crippen LogP) is 12.9. The summed E-state index contributed by atoms with van der Waals surface area (Å²) in [4.78, 5) is 41.5. The highest BCUT2D eigenvalue weighted by molar-refractivity contribution is 5.82. The Morgan fingerprint density at radius 3 is 1.72 bits per heavy atom. The summed E-state index contributed by atoms with van der Waals surface area (Å²) in [7, 11) is 0. The second-order valence-corrected chi connectivity index (χ2v) is 19.0. The van der Waals surface area contributed by atoms with Crippen LogP contribution in [-0.2, 0) is 20.8 Å². The minimum atomic E-state index is -0.701. The zero-order chi connectivity index (χ0) is 44.2. The summed E-state index contributed by atoms with van der Waals surface area (Å²) in [5.74, 6) is 0.277. The summed E-state index contributed by atoms with van der Waals surface area (Å²) in [6, 6.07) is 19.9. The Balaban J connectivity index is 2.21. The number of amides is 2. The molecule has 0 aliphatic rings. The van der Waals surface area contributed by atoms with Gasteiger partial charge in [0.1, 0.15) is 0 Å². The van der Waals surface area contributed by atoms with E-state index in [2.05, 4.69) is 126 Å². The van der Waals surface area contributed by atoms with Gasteiger partial charge in [0, 0.05) is 30.3 Å². The van der Waals surface area contributed by atoms with Crippen LogP contribution in [-0.4, -0.2) is 60.5 Å². The number of unbranched alkanes of at least 4 members (excludes halogenated alkanes) is 10. The molecule has 0 aliphatic heterocycles. The highest BCUT2D eigenvalue weighted by Gasteiger charge is 2.40. The van der Waals surface area contributed by atoms with E-state index in [0.717, 1.165) is 90.3 Å². The third-order valence-corrected chi connectivity index (χ3v) is 13.3. The van der Waals surface area contributed by atoms with E-state index in [1.165, 1.54) is 55.2 Å². The van der Waals surface area contributed by atoms with Gasteiger partial charge in [0.15, 0.2) is 0 Å². The van der Waals surface area contributed by atoms with Gasteiger partial charge in [-0.05, 0) is 118 Å². The summed E-state index contributed by atoms with van der Waals surface area (Å²) < 4.78 is 0. The van der Waals surface area contributed by atoms with Gasteiger partial charge in [0.2, 0.25) is 11.8 Å². The summed E-state index contributed by atoms with van der Waals surface area (Å²) >= 11 is 0. The topological polar surface area (TPSA) is 98.7 Å². The number of carbonyl (C=O) groups is 3. The average Bonchev–Trinajstić information content (AvgIpc) is 3.24. The summed E-state index contributed by atoms with van der Waals surface area (Å²) in [5, 5.41) is 15.5. The van der Waals surface area contributed by atoms with Gasteiger partial charge in [0.05, 0.1) is 0 Å². The number of hydrogen-bond donors (Lipinski definition) is 3. The van der Waals surface area contributed by atoms with E-state index in [1.807, 2.05) is 0 Å². The predicted molar refractivity (Wildman–Crippen MR) is 254 cm³/mol. The zero-order valence-corrected chi connectivity index (χ0v) is 39.7. The van der Waals surface area contributed by atoms with Crippen LogP contribution in [0, 0.1) is 16.7 Å². The normalized spacial score (nSPS) is 14.3. The summed E-state index contributed by atoms with van der Waals surface area (Å²) in [6.45, 7) is 22.2. The van der Waals surface area contributed by atoms with E-state index in [-0.39, 0.29) is 30.1 Å². The molecule has 3 N–H and O–H groups in total. The van der Waals surface area contributed by atoms with Gasteiger partial charge in [-0.3, -0.25) is 14.4 Å². The fraction of sp³-hybridized carbons (Fsp3) is 0.717. The van der Waals surface area contributed by atoms with Crippen molar-refractivity contribution in [2.45, 2.75) is 196 Å². The fourth-order valence-electron chi connectivity index (χ4n) is 8.66. The van der Waals surface area contributed by atoms with E-state index in [9.17, 15) is 14.4 Å². The van der Waals surface area contributed by atoms with E-state index in [0.29, 0.717) is 31.8 Å². The molecule has 2 aromatic rings. The highest BCUT2D eigenvalue weighted by Crippen LogP contribution is 2.44. The third-order valence-electron chi connectivity index (χ3n) is 13.3. The first kappa shape index (κ1) is 52.9. The van der Waals surface area contributed by atoms with Crippen molar-refractivity contribution in [1.82, 2.24) is 15.5 Å². The molecule has 2 aromatic carbocycles. The molecule has 0 aromatic heterocycles. The SMILES string of the molecule is CCCCN(CCCC)CCCNC(=O)C(C)(CC)CC(c1ccccc1)C(Cc1ccc(C(C)CC)cc1)CC(C)(C)C(=O)NCCCCCCCCCCCC(=O)O. The Morgan fingerprint density at radius 2 is 1.17 bits per heavy atom. The number of carbonyl (C=O) groups excluding carboxylic acids is 2. The number of carboxylic acids is 1. The number of hydrogen-bond acceptors (Lipinski definition) is 4. The second kappa shape index (κ2) is 30.0. The fourth-order valence-corrected chi connectivity index (χ4v) is 8.66. The van der Waals surface area contributed by atoms with E-state index in [4.69, 9.17) is 5.11 Å². The van der Waals surface area contributed by atoms with E-state index < -0.39 is 16.8 Å². The molecule has 340 valence electrons. The third kappa shape index (κ3) is 20.6. The number of nitrogens with zero attached hydrogens (tertiary/aromatic N) is 1. The Morgan fingerprint density at radius 1 is 0.633 bits per heavy atom. The van der Waals surface area contributed by atoms with Gasteiger partial charge in [-0.15, -0.1) is 0 Å². The van der Waals surface area contributed by atoms with Crippen molar-refractivity contribution in [2.75, 3.05) is 32.7 Å². The number of nitrogens with one attached hydrogen (secondary N) is 2. The zero-order valence-electron chi connectivity index (χ0n) is 39.7. The molecule has 0 saturated carbocycles. The Kier molecular flexibility index (Phi) is 26.4. The van der Waals surface area contributed by atoms with Crippen LogP contribution in [0.1, 0.15) is 206 Å². The maximum atomic E-state index is 14.3. The maximum absolute atomic E-state index is 14.3. The standard InChI is InChI=1S/C53H89N3O4/c1-9-13-37-56(38-14-10-2)39-27-36-55-51(60)53(8,12-4)42-48(46-28-23-22-24-29-46)47(40-44-31-33-45(34-32-44)43(5)11-3)41-52(6,7)50(59)54-35-26-21-19-17-15-16-18-20-25-30-49(57)58/h22-24,28-29,31-34,43,47-48H,9-21,25-27,30,35-42H2,1-8H3,(H,54,59)(H,55,60)(H,57,58). The van der Waals surface area contributed by atoms with Crippen molar-refractivity contribution in [1.29, 1.82) is 0 Å². The lowest BCUT2D eigenvalue weighted by Gasteiger charge is -2.39. The molecule has 2 amide bonds. The lowest BCUT2D eigenvalue weighted by atomic mass is 9.66. The second-order valence-electron chi connectivity index (χ2n) is 19.0. The maximum Gasteiger partial charge on any atom is 0.303 e. The first-order valence-corrected chi connectivity index (χ1v) is 24.4. The number of carboxylic acid groups (broad SMARTS) is 1.